The first kappa shape index (κ1) is 15.6. The number of thiophene rings is 1. The van der Waals surface area contributed by atoms with Crippen LogP contribution in [0.2, 0.25) is 0 Å². The van der Waals surface area contributed by atoms with Gasteiger partial charge >= 0.3 is 0 Å². The van der Waals surface area contributed by atoms with Gasteiger partial charge in [0.15, 0.2) is 0 Å². The number of rotatable bonds is 5. The molecule has 5 nitrogen and oxygen atoms in total. The Balaban J connectivity index is 1.49. The molecule has 4 rings (SSSR count). The Hall–Kier alpha value is -1.95. The number of nitrogens with one attached hydrogen (secondary N) is 2. The molecule has 3 aromatic heterocycles. The Morgan fingerprint density at radius 1 is 1.38 bits per heavy atom. The van der Waals surface area contributed by atoms with Crippen LogP contribution in [-0.4, -0.2) is 26.7 Å². The highest BCUT2D eigenvalue weighted by Gasteiger charge is 2.22. The van der Waals surface area contributed by atoms with Crippen LogP contribution in [0.3, 0.4) is 0 Å². The van der Waals surface area contributed by atoms with E-state index in [-0.39, 0.29) is 0 Å². The van der Waals surface area contributed by atoms with Gasteiger partial charge in [0.1, 0.15) is 17.0 Å². The number of aryl methyl sites for hydroxylation is 3. The number of H-pyrrole nitrogens is 1. The second-order valence-corrected chi connectivity index (χ2v) is 7.89. The van der Waals surface area contributed by atoms with Gasteiger partial charge in [0.25, 0.3) is 0 Å². The minimum absolute atomic E-state index is 0.785. The van der Waals surface area contributed by atoms with E-state index < -0.39 is 0 Å². The largest absolute Gasteiger partial charge is 0.369 e. The first-order valence-corrected chi connectivity index (χ1v) is 9.52. The molecule has 3 aromatic rings. The van der Waals surface area contributed by atoms with E-state index in [1.807, 2.05) is 17.5 Å². The van der Waals surface area contributed by atoms with E-state index in [1.54, 1.807) is 6.33 Å². The third kappa shape index (κ3) is 2.90. The summed E-state index contributed by atoms with van der Waals surface area (Å²) in [6, 6.07) is 0. The number of nitrogens with zero attached hydrogens (tertiary/aromatic N) is 3. The summed E-state index contributed by atoms with van der Waals surface area (Å²) >= 11 is 1.85. The number of fused-ring (bicyclic) bond motifs is 3. The smallest absolute Gasteiger partial charge is 0.138 e. The zero-order valence-electron chi connectivity index (χ0n) is 14.2. The van der Waals surface area contributed by atoms with E-state index in [9.17, 15) is 0 Å². The van der Waals surface area contributed by atoms with Crippen LogP contribution in [-0.2, 0) is 19.3 Å². The molecular weight excluding hydrogens is 318 g/mol. The number of hydrogen-bond acceptors (Lipinski definition) is 5. The highest BCUT2D eigenvalue weighted by molar-refractivity contribution is 7.19. The van der Waals surface area contributed by atoms with Crippen LogP contribution in [0.4, 0.5) is 5.82 Å². The lowest BCUT2D eigenvalue weighted by molar-refractivity contribution is 0.509. The molecule has 0 aliphatic heterocycles. The van der Waals surface area contributed by atoms with E-state index in [2.05, 4.69) is 39.3 Å². The molecule has 0 saturated heterocycles. The second-order valence-electron chi connectivity index (χ2n) is 6.80. The predicted octanol–water partition coefficient (Wildman–Crippen LogP) is 3.89. The molecule has 0 fully saturated rings. The van der Waals surface area contributed by atoms with Crippen molar-refractivity contribution in [1.82, 2.24) is 20.2 Å². The summed E-state index contributed by atoms with van der Waals surface area (Å²) in [5.41, 5.74) is 3.95. The number of hydrogen-bond donors (Lipinski definition) is 2. The van der Waals surface area contributed by atoms with Gasteiger partial charge in [-0.05, 0) is 56.1 Å². The molecule has 1 atom stereocenters. The first-order chi connectivity index (χ1) is 11.7. The molecule has 6 heteroatoms. The molecule has 0 spiro atoms. The fourth-order valence-electron chi connectivity index (χ4n) is 3.52. The highest BCUT2D eigenvalue weighted by Crippen LogP contribution is 2.39. The second kappa shape index (κ2) is 6.51. The van der Waals surface area contributed by atoms with Crippen molar-refractivity contribution in [3.63, 3.8) is 0 Å². The molecule has 0 radical (unpaired) electrons. The van der Waals surface area contributed by atoms with E-state index in [4.69, 9.17) is 0 Å². The lowest BCUT2D eigenvalue weighted by Crippen LogP contribution is -2.10. The van der Waals surface area contributed by atoms with Crippen LogP contribution in [0.25, 0.3) is 10.2 Å². The van der Waals surface area contributed by atoms with Gasteiger partial charge in [0.05, 0.1) is 11.6 Å². The molecule has 0 amide bonds. The molecule has 3 heterocycles. The van der Waals surface area contributed by atoms with Crippen molar-refractivity contribution in [3.05, 3.63) is 34.2 Å². The van der Waals surface area contributed by atoms with Crippen molar-refractivity contribution in [1.29, 1.82) is 0 Å². The van der Waals surface area contributed by atoms with Crippen molar-refractivity contribution in [2.45, 2.75) is 46.0 Å². The van der Waals surface area contributed by atoms with E-state index in [1.165, 1.54) is 39.9 Å². The highest BCUT2D eigenvalue weighted by atomic mass is 32.1. The number of aromatic nitrogens is 4. The van der Waals surface area contributed by atoms with Crippen LogP contribution in [0, 0.1) is 12.8 Å². The number of aromatic amines is 1. The molecule has 0 aromatic carbocycles. The average molecular weight is 341 g/mol. The third-order valence-corrected chi connectivity index (χ3v) is 6.10. The van der Waals surface area contributed by atoms with Gasteiger partial charge in [0.2, 0.25) is 0 Å². The van der Waals surface area contributed by atoms with E-state index in [0.717, 1.165) is 42.4 Å². The summed E-state index contributed by atoms with van der Waals surface area (Å²) in [5.74, 6) is 1.80. The maximum atomic E-state index is 4.52. The number of anilines is 1. The van der Waals surface area contributed by atoms with Crippen LogP contribution >= 0.6 is 11.3 Å². The monoisotopic (exact) mass is 341 g/mol. The topological polar surface area (TPSA) is 66.5 Å². The Morgan fingerprint density at radius 2 is 2.29 bits per heavy atom. The molecule has 2 N–H and O–H groups in total. The van der Waals surface area contributed by atoms with Gasteiger partial charge in [-0.3, -0.25) is 5.10 Å². The Kier molecular flexibility index (Phi) is 4.22. The summed E-state index contributed by atoms with van der Waals surface area (Å²) in [5, 5.41) is 11.9. The quantitative estimate of drug-likeness (QED) is 0.691. The van der Waals surface area contributed by atoms with Crippen molar-refractivity contribution in [3.8, 4) is 0 Å². The van der Waals surface area contributed by atoms with Crippen molar-refractivity contribution in [2.24, 2.45) is 5.92 Å². The third-order valence-electron chi connectivity index (χ3n) is 4.94. The molecule has 0 unspecified atom stereocenters. The molecule has 1 aliphatic rings. The molecule has 24 heavy (non-hydrogen) atoms. The minimum atomic E-state index is 0.785. The van der Waals surface area contributed by atoms with Crippen molar-refractivity contribution in [2.75, 3.05) is 11.9 Å². The molecule has 0 bridgehead atoms. The van der Waals surface area contributed by atoms with Crippen molar-refractivity contribution >= 4 is 27.4 Å². The SMILES string of the molecule is Cc1[nH]ncc1CCCNc1ncnc2sc3c(c12)CC[C@H](C)C3. The molecule has 0 saturated carbocycles. The fourth-order valence-corrected chi connectivity index (χ4v) is 4.87. The zero-order chi connectivity index (χ0) is 16.5. The van der Waals surface area contributed by atoms with Crippen LogP contribution in [0.15, 0.2) is 12.5 Å². The van der Waals surface area contributed by atoms with Crippen LogP contribution in [0.5, 0.6) is 0 Å². The average Bonchev–Trinajstić information content (AvgIpc) is 3.14. The van der Waals surface area contributed by atoms with Crippen LogP contribution < -0.4 is 5.32 Å². The summed E-state index contributed by atoms with van der Waals surface area (Å²) < 4.78 is 0. The fraction of sp³-hybridized carbons (Fsp3) is 0.500. The summed E-state index contributed by atoms with van der Waals surface area (Å²) in [4.78, 5) is 11.7. The normalized spacial score (nSPS) is 17.2. The minimum Gasteiger partial charge on any atom is -0.369 e. The summed E-state index contributed by atoms with van der Waals surface area (Å²) in [6.07, 6.45) is 9.33. The Bertz CT molecular complexity index is 850. The van der Waals surface area contributed by atoms with Gasteiger partial charge in [-0.25, -0.2) is 9.97 Å². The predicted molar refractivity (Wildman–Crippen MR) is 98.7 cm³/mol. The lowest BCUT2D eigenvalue weighted by atomic mass is 9.89. The van der Waals surface area contributed by atoms with Gasteiger partial charge in [0, 0.05) is 17.1 Å². The van der Waals surface area contributed by atoms with Gasteiger partial charge in [-0.1, -0.05) is 6.92 Å². The lowest BCUT2D eigenvalue weighted by Gasteiger charge is -2.18. The maximum Gasteiger partial charge on any atom is 0.138 e. The first-order valence-electron chi connectivity index (χ1n) is 8.70. The molecule has 1 aliphatic carbocycles. The van der Waals surface area contributed by atoms with Crippen LogP contribution in [0.1, 0.15) is 41.5 Å². The molecular formula is C18H23N5S. The van der Waals surface area contributed by atoms with E-state index in [0.29, 0.717) is 0 Å². The Labute approximate surface area is 145 Å². The van der Waals surface area contributed by atoms with E-state index >= 15 is 0 Å². The maximum absolute atomic E-state index is 4.52. The Morgan fingerprint density at radius 3 is 3.12 bits per heavy atom. The molecule has 126 valence electrons. The van der Waals surface area contributed by atoms with Gasteiger partial charge < -0.3 is 5.32 Å². The van der Waals surface area contributed by atoms with Gasteiger partial charge in [-0.15, -0.1) is 11.3 Å². The summed E-state index contributed by atoms with van der Waals surface area (Å²) in [7, 11) is 0. The zero-order valence-corrected chi connectivity index (χ0v) is 15.0. The standard InChI is InChI=1S/C18H23N5S/c1-11-5-6-14-15(8-11)24-18-16(14)17(20-10-21-18)19-7-3-4-13-9-22-23-12(13)2/h9-11H,3-8H2,1-2H3,(H,22,23)(H,19,20,21)/t11-/m0/s1. The van der Waals surface area contributed by atoms with Gasteiger partial charge in [-0.2, -0.15) is 5.10 Å². The summed E-state index contributed by atoms with van der Waals surface area (Å²) in [6.45, 7) is 5.33. The van der Waals surface area contributed by atoms with Crippen molar-refractivity contribution < 1.29 is 0 Å².